The van der Waals surface area contributed by atoms with E-state index in [9.17, 15) is 5.11 Å². The van der Waals surface area contributed by atoms with Gasteiger partial charge in [-0.2, -0.15) is 19.8 Å². The Hall–Kier alpha value is -0.136. The van der Waals surface area contributed by atoms with Crippen LogP contribution in [0.25, 0.3) is 5.57 Å². The van der Waals surface area contributed by atoms with Gasteiger partial charge in [0.25, 0.3) is 0 Å². The quantitative estimate of drug-likeness (QED) is 0.778. The molecule has 1 N–H and O–H groups in total. The van der Waals surface area contributed by atoms with Crippen LogP contribution in [0, 0.1) is 5.92 Å². The predicted molar refractivity (Wildman–Crippen MR) is 58.9 cm³/mol. The molecular formula is C13H15OY-. The van der Waals surface area contributed by atoms with E-state index < -0.39 is 0 Å². The first kappa shape index (κ1) is 12.9. The summed E-state index contributed by atoms with van der Waals surface area (Å²) in [5.74, 6) is 1.90. The van der Waals surface area contributed by atoms with Crippen molar-refractivity contribution in [3.8, 4) is 5.75 Å². The van der Waals surface area contributed by atoms with Crippen LogP contribution in [-0.4, -0.2) is 5.11 Å². The Kier molecular flexibility index (Phi) is 5.01. The van der Waals surface area contributed by atoms with Crippen molar-refractivity contribution in [2.75, 3.05) is 0 Å². The fourth-order valence-corrected chi connectivity index (χ4v) is 1.79. The van der Waals surface area contributed by atoms with E-state index in [4.69, 9.17) is 0 Å². The van der Waals surface area contributed by atoms with Gasteiger partial charge in [0.05, 0.1) is 0 Å². The zero-order valence-corrected chi connectivity index (χ0v) is 11.9. The molecule has 0 saturated carbocycles. The summed E-state index contributed by atoms with van der Waals surface area (Å²) >= 11 is 0. The molecule has 0 atom stereocenters. The first-order valence-corrected chi connectivity index (χ1v) is 5.05. The van der Waals surface area contributed by atoms with Crippen molar-refractivity contribution in [3.05, 3.63) is 41.8 Å². The van der Waals surface area contributed by atoms with Crippen LogP contribution in [0.15, 0.2) is 30.3 Å². The van der Waals surface area contributed by atoms with Crippen molar-refractivity contribution in [2.45, 2.75) is 26.2 Å². The van der Waals surface area contributed by atoms with Gasteiger partial charge in [0.2, 0.25) is 0 Å². The molecule has 0 spiro atoms. The average Bonchev–Trinajstić information content (AvgIpc) is 2.21. The van der Waals surface area contributed by atoms with E-state index in [-0.39, 0.29) is 32.7 Å². The van der Waals surface area contributed by atoms with Gasteiger partial charge >= 0.3 is 0 Å². The van der Waals surface area contributed by atoms with Crippen molar-refractivity contribution in [3.63, 3.8) is 0 Å². The summed E-state index contributed by atoms with van der Waals surface area (Å²) in [6.45, 7) is 2.21. The van der Waals surface area contributed by atoms with Crippen LogP contribution >= 0.6 is 0 Å². The van der Waals surface area contributed by atoms with E-state index in [0.717, 1.165) is 12.8 Å². The monoisotopic (exact) mass is 276 g/mol. The normalized spacial score (nSPS) is 16.7. The number of hydrogen-bond donors (Lipinski definition) is 1. The Balaban J connectivity index is 0.00000112. The third-order valence-corrected chi connectivity index (χ3v) is 2.76. The zero-order valence-electron chi connectivity index (χ0n) is 9.03. The van der Waals surface area contributed by atoms with E-state index in [1.54, 1.807) is 18.1 Å². The van der Waals surface area contributed by atoms with Crippen LogP contribution in [0.5, 0.6) is 5.75 Å². The largest absolute Gasteiger partial charge is 0.508 e. The van der Waals surface area contributed by atoms with E-state index in [2.05, 4.69) is 13.0 Å². The van der Waals surface area contributed by atoms with Crippen molar-refractivity contribution < 1.29 is 37.8 Å². The minimum absolute atomic E-state index is 0. The van der Waals surface area contributed by atoms with Gasteiger partial charge in [-0.3, -0.25) is 0 Å². The molecule has 0 amide bonds. The maximum atomic E-state index is 9.17. The molecule has 1 aliphatic rings. The minimum atomic E-state index is 0. The first-order valence-electron chi connectivity index (χ1n) is 5.05. The average molecular weight is 276 g/mol. The number of phenols is 1. The molecule has 0 aromatic heterocycles. The Labute approximate surface area is 116 Å². The van der Waals surface area contributed by atoms with Gasteiger partial charge in [-0.25, -0.2) is 0 Å². The number of allylic oxidation sites excluding steroid dienone is 2. The molecule has 1 aromatic rings. The van der Waals surface area contributed by atoms with Gasteiger partial charge in [0, 0.05) is 32.7 Å². The number of aromatic hydroxyl groups is 1. The molecule has 2 heteroatoms. The molecule has 15 heavy (non-hydrogen) atoms. The van der Waals surface area contributed by atoms with E-state index in [0.29, 0.717) is 5.75 Å². The van der Waals surface area contributed by atoms with Crippen molar-refractivity contribution >= 4 is 5.57 Å². The molecule has 2 rings (SSSR count). The number of rotatable bonds is 1. The molecule has 1 nitrogen and oxygen atoms in total. The van der Waals surface area contributed by atoms with Gasteiger partial charge in [0.1, 0.15) is 5.75 Å². The zero-order chi connectivity index (χ0) is 9.97. The number of benzene rings is 1. The Bertz CT molecular complexity index is 340. The summed E-state index contributed by atoms with van der Waals surface area (Å²) in [6.07, 6.45) is 5.74. The summed E-state index contributed by atoms with van der Waals surface area (Å²) in [5.41, 5.74) is 2.66. The topological polar surface area (TPSA) is 20.2 Å². The third-order valence-electron chi connectivity index (χ3n) is 2.76. The summed E-state index contributed by atoms with van der Waals surface area (Å²) in [5, 5.41) is 9.17. The van der Waals surface area contributed by atoms with Crippen molar-refractivity contribution in [1.29, 1.82) is 0 Å². The molecule has 0 heterocycles. The second-order valence-corrected chi connectivity index (χ2v) is 3.94. The van der Waals surface area contributed by atoms with Gasteiger partial charge < -0.3 is 11.0 Å². The van der Waals surface area contributed by atoms with Gasteiger partial charge in [-0.15, -0.1) is 6.08 Å². The van der Waals surface area contributed by atoms with Crippen molar-refractivity contribution in [2.24, 2.45) is 0 Å². The molecular weight excluding hydrogens is 261 g/mol. The smallest absolute Gasteiger partial charge is 0.115 e. The van der Waals surface area contributed by atoms with Gasteiger partial charge in [-0.05, 0) is 23.3 Å². The second kappa shape index (κ2) is 5.81. The minimum Gasteiger partial charge on any atom is -0.508 e. The van der Waals surface area contributed by atoms with E-state index in [1.807, 2.05) is 12.1 Å². The van der Waals surface area contributed by atoms with E-state index >= 15 is 0 Å². The van der Waals surface area contributed by atoms with Crippen LogP contribution in [-0.2, 0) is 32.7 Å². The molecule has 0 saturated heterocycles. The van der Waals surface area contributed by atoms with Crippen LogP contribution in [0.1, 0.15) is 31.7 Å². The molecule has 0 aliphatic heterocycles. The molecule has 0 fully saturated rings. The molecule has 0 bridgehead atoms. The van der Waals surface area contributed by atoms with Crippen LogP contribution < -0.4 is 0 Å². The standard InChI is InChI=1S/C13H15O.Y/c1-10-2-4-11(5-3-10)12-6-8-13(14)9-7-12;/h4,6-9,14H,2-3,5H2,1H3;/q-1;. The maximum Gasteiger partial charge on any atom is 0.115 e. The third kappa shape index (κ3) is 3.43. The van der Waals surface area contributed by atoms with E-state index in [1.165, 1.54) is 17.6 Å². The van der Waals surface area contributed by atoms with Crippen LogP contribution in [0.2, 0.25) is 0 Å². The molecule has 0 unspecified atom stereocenters. The Morgan fingerprint density at radius 1 is 1.20 bits per heavy atom. The fraction of sp³-hybridized carbons (Fsp3) is 0.308. The van der Waals surface area contributed by atoms with Gasteiger partial charge in [-0.1, -0.05) is 18.6 Å². The molecule has 1 radical (unpaired) electrons. The Morgan fingerprint density at radius 3 is 2.40 bits per heavy atom. The second-order valence-electron chi connectivity index (χ2n) is 3.94. The fourth-order valence-electron chi connectivity index (χ4n) is 1.79. The first-order chi connectivity index (χ1) is 6.75. The van der Waals surface area contributed by atoms with Gasteiger partial charge in [0.15, 0.2) is 0 Å². The summed E-state index contributed by atoms with van der Waals surface area (Å²) in [6, 6.07) is 7.48. The molecule has 1 aliphatic carbocycles. The SMILES string of the molecule is C[C-]1CC=C(c2ccc(O)cc2)CC1.[Y]. The van der Waals surface area contributed by atoms with Crippen molar-refractivity contribution in [1.82, 2.24) is 0 Å². The summed E-state index contributed by atoms with van der Waals surface area (Å²) in [7, 11) is 0. The molecule has 1 aromatic carbocycles. The Morgan fingerprint density at radius 2 is 1.87 bits per heavy atom. The predicted octanol–water partition coefficient (Wildman–Crippen LogP) is 3.55. The van der Waals surface area contributed by atoms with Crippen LogP contribution in [0.4, 0.5) is 0 Å². The molecule has 77 valence electrons. The summed E-state index contributed by atoms with van der Waals surface area (Å²) < 4.78 is 0. The number of phenolic OH excluding ortho intramolecular Hbond substituents is 1. The van der Waals surface area contributed by atoms with Crippen LogP contribution in [0.3, 0.4) is 0 Å². The maximum absolute atomic E-state index is 9.17. The summed E-state index contributed by atoms with van der Waals surface area (Å²) in [4.78, 5) is 0. The number of hydrogen-bond acceptors (Lipinski definition) is 1.